The molecule has 3 aromatic rings. The van der Waals surface area contributed by atoms with Gasteiger partial charge in [0.15, 0.2) is 0 Å². The smallest absolute Gasteiger partial charge is 0.0200 e. The zero-order chi connectivity index (χ0) is 14.5. The van der Waals surface area contributed by atoms with Gasteiger partial charge >= 0.3 is 0 Å². The van der Waals surface area contributed by atoms with E-state index in [2.05, 4.69) is 85.8 Å². The van der Waals surface area contributed by atoms with E-state index in [0.29, 0.717) is 0 Å². The van der Waals surface area contributed by atoms with E-state index in [1.54, 1.807) is 0 Å². The first kappa shape index (κ1) is 14.0. The molecule has 0 N–H and O–H groups in total. The number of hydrogen-bond donors (Lipinski definition) is 0. The molecule has 104 valence electrons. The quantitative estimate of drug-likeness (QED) is 0.562. The van der Waals surface area contributed by atoms with Gasteiger partial charge in [0.1, 0.15) is 0 Å². The highest BCUT2D eigenvalue weighted by molar-refractivity contribution is 7.99. The summed E-state index contributed by atoms with van der Waals surface area (Å²) in [5.74, 6) is 0. The Morgan fingerprint density at radius 2 is 1.38 bits per heavy atom. The highest BCUT2D eigenvalue weighted by atomic mass is 32.2. The first-order valence-electron chi connectivity index (χ1n) is 7.28. The minimum Gasteiger partial charge on any atom is -0.0895 e. The fourth-order valence-electron chi connectivity index (χ4n) is 2.33. The van der Waals surface area contributed by atoms with Crippen molar-refractivity contribution in [2.24, 2.45) is 0 Å². The lowest BCUT2D eigenvalue weighted by molar-refractivity contribution is 1.13. The van der Waals surface area contributed by atoms with E-state index in [0.717, 1.165) is 6.42 Å². The lowest BCUT2D eigenvalue weighted by Crippen LogP contribution is -1.83. The van der Waals surface area contributed by atoms with Crippen LogP contribution in [0.15, 0.2) is 88.7 Å². The van der Waals surface area contributed by atoms with E-state index in [4.69, 9.17) is 0 Å². The van der Waals surface area contributed by atoms with Crippen molar-refractivity contribution in [1.82, 2.24) is 0 Å². The van der Waals surface area contributed by atoms with E-state index in [1.165, 1.54) is 26.5 Å². The van der Waals surface area contributed by atoms with Crippen LogP contribution >= 0.6 is 11.8 Å². The SMILES string of the molecule is CCc1ccc(Sc2ccccc2-c2ccccc2)cc1. The Balaban J connectivity index is 1.92. The number of rotatable bonds is 4. The van der Waals surface area contributed by atoms with Gasteiger partial charge in [-0.05, 0) is 41.3 Å². The second-order valence-electron chi connectivity index (χ2n) is 4.96. The average Bonchev–Trinajstić information content (AvgIpc) is 2.57. The van der Waals surface area contributed by atoms with Gasteiger partial charge in [0.2, 0.25) is 0 Å². The molecule has 3 rings (SSSR count). The summed E-state index contributed by atoms with van der Waals surface area (Å²) >= 11 is 1.83. The Kier molecular flexibility index (Phi) is 4.42. The largest absolute Gasteiger partial charge is 0.0895 e. The monoisotopic (exact) mass is 290 g/mol. The molecule has 3 aromatic carbocycles. The van der Waals surface area contributed by atoms with Gasteiger partial charge in [-0.1, -0.05) is 79.3 Å². The number of hydrogen-bond acceptors (Lipinski definition) is 1. The summed E-state index contributed by atoms with van der Waals surface area (Å²) in [6.45, 7) is 2.19. The summed E-state index contributed by atoms with van der Waals surface area (Å²) in [6, 6.07) is 28.0. The van der Waals surface area contributed by atoms with Crippen LogP contribution in [0.2, 0.25) is 0 Å². The van der Waals surface area contributed by atoms with Gasteiger partial charge in [-0.25, -0.2) is 0 Å². The molecule has 0 saturated heterocycles. The molecule has 0 aromatic heterocycles. The molecule has 0 aliphatic rings. The molecule has 0 radical (unpaired) electrons. The van der Waals surface area contributed by atoms with E-state index in [9.17, 15) is 0 Å². The minimum atomic E-state index is 1.09. The second-order valence-corrected chi connectivity index (χ2v) is 6.08. The van der Waals surface area contributed by atoms with Crippen molar-refractivity contribution in [1.29, 1.82) is 0 Å². The van der Waals surface area contributed by atoms with Crippen LogP contribution in [0.1, 0.15) is 12.5 Å². The Bertz CT molecular complexity index is 699. The first-order valence-corrected chi connectivity index (χ1v) is 8.09. The third kappa shape index (κ3) is 3.37. The Labute approximate surface area is 130 Å². The van der Waals surface area contributed by atoms with Gasteiger partial charge in [-0.15, -0.1) is 0 Å². The van der Waals surface area contributed by atoms with Gasteiger partial charge in [0.05, 0.1) is 0 Å². The molecule has 0 bridgehead atoms. The van der Waals surface area contributed by atoms with Crippen molar-refractivity contribution in [2.75, 3.05) is 0 Å². The van der Waals surface area contributed by atoms with Crippen molar-refractivity contribution >= 4 is 11.8 Å². The van der Waals surface area contributed by atoms with Crippen molar-refractivity contribution in [2.45, 2.75) is 23.1 Å². The molecule has 1 heteroatoms. The van der Waals surface area contributed by atoms with Gasteiger partial charge in [-0.3, -0.25) is 0 Å². The Hall–Kier alpha value is -1.99. The Morgan fingerprint density at radius 3 is 2.10 bits per heavy atom. The minimum absolute atomic E-state index is 1.09. The molecule has 0 atom stereocenters. The molecule has 0 spiro atoms. The molecule has 0 amide bonds. The van der Waals surface area contributed by atoms with Crippen LogP contribution in [-0.4, -0.2) is 0 Å². The van der Waals surface area contributed by atoms with Crippen LogP contribution in [-0.2, 0) is 6.42 Å². The number of benzene rings is 3. The highest BCUT2D eigenvalue weighted by Gasteiger charge is 2.05. The molecule has 0 unspecified atom stereocenters. The summed E-state index contributed by atoms with van der Waals surface area (Å²) in [5.41, 5.74) is 3.95. The van der Waals surface area contributed by atoms with Crippen molar-refractivity contribution < 1.29 is 0 Å². The maximum atomic E-state index is 2.22. The lowest BCUT2D eigenvalue weighted by atomic mass is 10.1. The Morgan fingerprint density at radius 1 is 0.714 bits per heavy atom. The van der Waals surface area contributed by atoms with Gasteiger partial charge in [-0.2, -0.15) is 0 Å². The van der Waals surface area contributed by atoms with E-state index >= 15 is 0 Å². The van der Waals surface area contributed by atoms with E-state index in [1.807, 2.05) is 11.8 Å². The first-order chi connectivity index (χ1) is 10.4. The molecular formula is C20H18S. The van der Waals surface area contributed by atoms with Crippen LogP contribution in [0.5, 0.6) is 0 Å². The van der Waals surface area contributed by atoms with Crippen molar-refractivity contribution in [3.8, 4) is 11.1 Å². The van der Waals surface area contributed by atoms with Crippen molar-refractivity contribution in [3.63, 3.8) is 0 Å². The zero-order valence-electron chi connectivity index (χ0n) is 12.1. The highest BCUT2D eigenvalue weighted by Crippen LogP contribution is 2.35. The maximum Gasteiger partial charge on any atom is 0.0200 e. The fraction of sp³-hybridized carbons (Fsp3) is 0.100. The van der Waals surface area contributed by atoms with Crippen LogP contribution in [0.4, 0.5) is 0 Å². The molecular weight excluding hydrogens is 272 g/mol. The lowest BCUT2D eigenvalue weighted by Gasteiger charge is -2.09. The van der Waals surface area contributed by atoms with E-state index < -0.39 is 0 Å². The summed E-state index contributed by atoms with van der Waals surface area (Å²) < 4.78 is 0. The third-order valence-electron chi connectivity index (χ3n) is 3.53. The van der Waals surface area contributed by atoms with Crippen LogP contribution < -0.4 is 0 Å². The molecule has 0 saturated carbocycles. The van der Waals surface area contributed by atoms with Gasteiger partial charge in [0.25, 0.3) is 0 Å². The van der Waals surface area contributed by atoms with Crippen LogP contribution in [0.3, 0.4) is 0 Å². The second kappa shape index (κ2) is 6.64. The molecule has 0 aliphatic heterocycles. The zero-order valence-corrected chi connectivity index (χ0v) is 12.9. The topological polar surface area (TPSA) is 0 Å². The maximum absolute atomic E-state index is 2.22. The molecule has 0 heterocycles. The summed E-state index contributed by atoms with van der Waals surface area (Å²) in [7, 11) is 0. The van der Waals surface area contributed by atoms with Crippen LogP contribution in [0.25, 0.3) is 11.1 Å². The predicted molar refractivity (Wildman–Crippen MR) is 91.8 cm³/mol. The summed E-state index contributed by atoms with van der Waals surface area (Å²) in [6.07, 6.45) is 1.09. The standard InChI is InChI=1S/C20H18S/c1-2-16-12-14-18(15-13-16)21-20-11-7-6-10-19(20)17-8-4-3-5-9-17/h3-15H,2H2,1H3. The van der Waals surface area contributed by atoms with Crippen LogP contribution in [0, 0.1) is 0 Å². The third-order valence-corrected chi connectivity index (χ3v) is 4.62. The molecule has 21 heavy (non-hydrogen) atoms. The average molecular weight is 290 g/mol. The molecule has 0 aliphatic carbocycles. The van der Waals surface area contributed by atoms with E-state index in [-0.39, 0.29) is 0 Å². The normalized spacial score (nSPS) is 10.5. The fourth-order valence-corrected chi connectivity index (χ4v) is 3.30. The van der Waals surface area contributed by atoms with Gasteiger partial charge in [0, 0.05) is 9.79 Å². The summed E-state index contributed by atoms with van der Waals surface area (Å²) in [4.78, 5) is 2.59. The number of aryl methyl sites for hydroxylation is 1. The predicted octanol–water partition coefficient (Wildman–Crippen LogP) is 6.07. The molecule has 0 nitrogen and oxygen atoms in total. The van der Waals surface area contributed by atoms with Gasteiger partial charge < -0.3 is 0 Å². The molecule has 0 fully saturated rings. The van der Waals surface area contributed by atoms with Crippen molar-refractivity contribution in [3.05, 3.63) is 84.4 Å². The summed E-state index contributed by atoms with van der Waals surface area (Å²) in [5, 5.41) is 0.